The van der Waals surface area contributed by atoms with E-state index in [0.29, 0.717) is 5.56 Å². The first kappa shape index (κ1) is 13.1. The Morgan fingerprint density at radius 3 is 2.57 bits per heavy atom. The number of fused-ring (bicyclic) bond motifs is 1. The molecule has 2 aromatic rings. The van der Waals surface area contributed by atoms with Gasteiger partial charge in [0.1, 0.15) is 5.75 Å². The van der Waals surface area contributed by atoms with Gasteiger partial charge < -0.3 is 25.2 Å². The number of phenolic OH excluding ortho intramolecular Hbond substituents is 4. The summed E-state index contributed by atoms with van der Waals surface area (Å²) in [6, 6.07) is 6.67. The Kier molecular flexibility index (Phi) is 2.86. The number of ketones is 1. The molecule has 4 N–H and O–H groups in total. The van der Waals surface area contributed by atoms with Crippen molar-refractivity contribution in [2.24, 2.45) is 0 Å². The van der Waals surface area contributed by atoms with Gasteiger partial charge in [-0.2, -0.15) is 0 Å². The van der Waals surface area contributed by atoms with E-state index in [0.717, 1.165) is 6.07 Å². The summed E-state index contributed by atoms with van der Waals surface area (Å²) < 4.78 is 5.47. The number of carbonyl (C=O) groups excluding carboxylic acids is 1. The van der Waals surface area contributed by atoms with Crippen molar-refractivity contribution in [3.8, 4) is 28.7 Å². The van der Waals surface area contributed by atoms with Gasteiger partial charge in [0.05, 0.1) is 0 Å². The first-order valence-electron chi connectivity index (χ1n) is 6.22. The molecule has 0 aliphatic carbocycles. The molecule has 0 radical (unpaired) electrons. The van der Waals surface area contributed by atoms with E-state index in [1.165, 1.54) is 24.3 Å². The van der Waals surface area contributed by atoms with E-state index in [-0.39, 0.29) is 40.8 Å². The van der Waals surface area contributed by atoms with Crippen LogP contribution in [0.5, 0.6) is 28.7 Å². The van der Waals surface area contributed by atoms with Crippen LogP contribution in [-0.2, 0) is 11.2 Å². The number of Topliss-reactive ketones (excluding diaryl/α,β-unsaturated/α-hetero) is 1. The van der Waals surface area contributed by atoms with Crippen molar-refractivity contribution in [2.75, 3.05) is 0 Å². The minimum absolute atomic E-state index is 0.0585. The van der Waals surface area contributed by atoms with Crippen molar-refractivity contribution in [3.05, 3.63) is 41.5 Å². The standard InChI is InChI=1S/C15H12O6/c16-8-4-7-5-11(18)15(21-14(7)12(19)6-8)9-2-1-3-10(17)13(9)20/h1-4,6,15-17,19-20H,5H2. The molecule has 2 aromatic carbocycles. The van der Waals surface area contributed by atoms with E-state index in [9.17, 15) is 25.2 Å². The molecule has 1 aliphatic rings. The molecule has 3 rings (SSSR count). The molecule has 1 heterocycles. The first-order chi connectivity index (χ1) is 9.97. The van der Waals surface area contributed by atoms with Crippen LogP contribution in [0.3, 0.4) is 0 Å². The number of hydrogen-bond donors (Lipinski definition) is 4. The van der Waals surface area contributed by atoms with Crippen LogP contribution < -0.4 is 4.74 Å². The third-order valence-corrected chi connectivity index (χ3v) is 3.35. The summed E-state index contributed by atoms with van der Waals surface area (Å²) in [5.41, 5.74) is 0.492. The molecule has 1 atom stereocenters. The fraction of sp³-hybridized carbons (Fsp3) is 0.133. The minimum atomic E-state index is -1.12. The van der Waals surface area contributed by atoms with Gasteiger partial charge in [-0.3, -0.25) is 4.79 Å². The lowest BCUT2D eigenvalue weighted by Gasteiger charge is -2.26. The Hall–Kier alpha value is -2.89. The number of phenols is 4. The number of hydrogen-bond acceptors (Lipinski definition) is 6. The Morgan fingerprint density at radius 1 is 1.05 bits per heavy atom. The molecule has 6 nitrogen and oxygen atoms in total. The molecule has 0 bridgehead atoms. The molecule has 6 heteroatoms. The SMILES string of the molecule is O=C1Cc2cc(O)cc(O)c2OC1c1cccc(O)c1O. The summed E-state index contributed by atoms with van der Waals surface area (Å²) in [7, 11) is 0. The van der Waals surface area contributed by atoms with Crippen LogP contribution in [-0.4, -0.2) is 26.2 Å². The van der Waals surface area contributed by atoms with Crippen LogP contribution in [0.2, 0.25) is 0 Å². The quantitative estimate of drug-likeness (QED) is 0.596. The number of rotatable bonds is 1. The molecular formula is C15H12O6. The van der Waals surface area contributed by atoms with Crippen LogP contribution in [0.25, 0.3) is 0 Å². The molecule has 0 spiro atoms. The first-order valence-corrected chi connectivity index (χ1v) is 6.22. The summed E-state index contributed by atoms with van der Waals surface area (Å²) in [5, 5.41) is 38.6. The molecule has 0 aromatic heterocycles. The maximum absolute atomic E-state index is 12.2. The number of carbonyl (C=O) groups is 1. The molecule has 1 unspecified atom stereocenters. The van der Waals surface area contributed by atoms with Crippen molar-refractivity contribution < 1.29 is 30.0 Å². The van der Waals surface area contributed by atoms with E-state index in [1.54, 1.807) is 0 Å². The average molecular weight is 288 g/mol. The third kappa shape index (κ3) is 2.10. The zero-order chi connectivity index (χ0) is 15.1. The zero-order valence-electron chi connectivity index (χ0n) is 10.8. The molecular weight excluding hydrogens is 276 g/mol. The topological polar surface area (TPSA) is 107 Å². The second-order valence-electron chi connectivity index (χ2n) is 4.81. The van der Waals surface area contributed by atoms with Gasteiger partial charge in [0, 0.05) is 23.6 Å². The summed E-state index contributed by atoms with van der Waals surface area (Å²) in [4.78, 5) is 12.2. The second kappa shape index (κ2) is 4.59. The smallest absolute Gasteiger partial charge is 0.186 e. The highest BCUT2D eigenvalue weighted by Gasteiger charge is 2.33. The Balaban J connectivity index is 2.07. The van der Waals surface area contributed by atoms with Crippen LogP contribution in [0.4, 0.5) is 0 Å². The van der Waals surface area contributed by atoms with E-state index in [1.807, 2.05) is 0 Å². The van der Waals surface area contributed by atoms with Crippen LogP contribution in [0.1, 0.15) is 17.2 Å². The van der Waals surface area contributed by atoms with Gasteiger partial charge in [-0.15, -0.1) is 0 Å². The van der Waals surface area contributed by atoms with Gasteiger partial charge in [0.2, 0.25) is 0 Å². The number of ether oxygens (including phenoxy) is 1. The molecule has 0 fully saturated rings. The zero-order valence-corrected chi connectivity index (χ0v) is 10.8. The van der Waals surface area contributed by atoms with Crippen LogP contribution in [0.15, 0.2) is 30.3 Å². The fourth-order valence-corrected chi connectivity index (χ4v) is 2.38. The van der Waals surface area contributed by atoms with Crippen LogP contribution >= 0.6 is 0 Å². The predicted octanol–water partition coefficient (Wildman–Crippen LogP) is 1.75. The van der Waals surface area contributed by atoms with E-state index < -0.39 is 11.9 Å². The normalized spacial score (nSPS) is 17.1. The molecule has 1 aliphatic heterocycles. The van der Waals surface area contributed by atoms with Gasteiger partial charge in [-0.25, -0.2) is 0 Å². The monoisotopic (exact) mass is 288 g/mol. The number of aromatic hydroxyl groups is 4. The summed E-state index contributed by atoms with van der Waals surface area (Å²) in [6.45, 7) is 0. The Morgan fingerprint density at radius 2 is 1.81 bits per heavy atom. The van der Waals surface area contributed by atoms with Crippen molar-refractivity contribution >= 4 is 5.78 Å². The van der Waals surface area contributed by atoms with Gasteiger partial charge >= 0.3 is 0 Å². The lowest BCUT2D eigenvalue weighted by molar-refractivity contribution is -0.126. The highest BCUT2D eigenvalue weighted by molar-refractivity contribution is 5.90. The van der Waals surface area contributed by atoms with E-state index in [4.69, 9.17) is 4.74 Å². The number of para-hydroxylation sites is 1. The Bertz CT molecular complexity index is 737. The van der Waals surface area contributed by atoms with Gasteiger partial charge in [-0.1, -0.05) is 12.1 Å². The molecule has 0 saturated carbocycles. The van der Waals surface area contributed by atoms with Gasteiger partial charge in [0.25, 0.3) is 0 Å². The lowest BCUT2D eigenvalue weighted by Crippen LogP contribution is -2.25. The summed E-state index contributed by atoms with van der Waals surface area (Å²) >= 11 is 0. The van der Waals surface area contributed by atoms with Crippen molar-refractivity contribution in [1.82, 2.24) is 0 Å². The molecule has 108 valence electrons. The molecule has 21 heavy (non-hydrogen) atoms. The minimum Gasteiger partial charge on any atom is -0.508 e. The fourth-order valence-electron chi connectivity index (χ4n) is 2.38. The highest BCUT2D eigenvalue weighted by Crippen LogP contribution is 2.44. The largest absolute Gasteiger partial charge is 0.508 e. The molecule has 0 amide bonds. The maximum Gasteiger partial charge on any atom is 0.186 e. The lowest BCUT2D eigenvalue weighted by atomic mass is 9.95. The average Bonchev–Trinajstić information content (AvgIpc) is 2.41. The summed E-state index contributed by atoms with van der Waals surface area (Å²) in [5.74, 6) is -1.51. The third-order valence-electron chi connectivity index (χ3n) is 3.35. The van der Waals surface area contributed by atoms with Crippen molar-refractivity contribution in [1.29, 1.82) is 0 Å². The van der Waals surface area contributed by atoms with E-state index >= 15 is 0 Å². The highest BCUT2D eigenvalue weighted by atomic mass is 16.5. The predicted molar refractivity (Wildman–Crippen MR) is 71.6 cm³/mol. The summed E-state index contributed by atoms with van der Waals surface area (Å²) in [6.07, 6.45) is -1.18. The number of benzene rings is 2. The van der Waals surface area contributed by atoms with Gasteiger partial charge in [-0.05, 0) is 12.1 Å². The molecule has 0 saturated heterocycles. The van der Waals surface area contributed by atoms with Gasteiger partial charge in [0.15, 0.2) is 34.9 Å². The van der Waals surface area contributed by atoms with Crippen molar-refractivity contribution in [3.63, 3.8) is 0 Å². The van der Waals surface area contributed by atoms with E-state index in [2.05, 4.69) is 0 Å². The second-order valence-corrected chi connectivity index (χ2v) is 4.81. The maximum atomic E-state index is 12.2. The van der Waals surface area contributed by atoms with Crippen LogP contribution in [0, 0.1) is 0 Å². The van der Waals surface area contributed by atoms with Crippen molar-refractivity contribution in [2.45, 2.75) is 12.5 Å². The Labute approximate surface area is 119 Å².